The molecule has 0 spiro atoms. The molecule has 0 radical (unpaired) electrons. The number of hydrogen-bond acceptors (Lipinski definition) is 1. The smallest absolute Gasteiger partial charge is 0.0375 e. The Balaban J connectivity index is 3.06. The van der Waals surface area contributed by atoms with Crippen LogP contribution in [0, 0.1) is 6.85 Å². The number of aryl methyl sites for hydroxylation is 1. The maximum Gasteiger partial charge on any atom is 0.0375 e. The lowest BCUT2D eigenvalue weighted by atomic mass is 10.0. The molecule has 1 nitrogen and oxygen atoms in total. The molecule has 0 saturated heterocycles. The zero-order chi connectivity index (χ0) is 10.1. The van der Waals surface area contributed by atoms with Gasteiger partial charge in [-0.05, 0) is 30.5 Å². The van der Waals surface area contributed by atoms with Crippen molar-refractivity contribution in [2.45, 2.75) is 26.6 Å². The minimum absolute atomic E-state index is 0.179. The third-order valence-corrected chi connectivity index (χ3v) is 1.45. The molecule has 1 rings (SSSR count). The summed E-state index contributed by atoms with van der Waals surface area (Å²) in [6, 6.07) is 3.50. The second kappa shape index (κ2) is 2.82. The van der Waals surface area contributed by atoms with Gasteiger partial charge in [-0.3, -0.25) is 4.98 Å². The fraction of sp³-hybridized carbons (Fsp3) is 0.444. The number of aromatic nitrogens is 1. The topological polar surface area (TPSA) is 12.9 Å². The van der Waals surface area contributed by atoms with Crippen LogP contribution in [0.4, 0.5) is 0 Å². The first kappa shape index (κ1) is 4.12. The molecule has 0 bridgehead atoms. The van der Waals surface area contributed by atoms with Gasteiger partial charge in [0.2, 0.25) is 0 Å². The second-order valence-electron chi connectivity index (χ2n) is 2.63. The largest absolute Gasteiger partial charge is 0.262 e. The quantitative estimate of drug-likeness (QED) is 0.581. The molecule has 0 amide bonds. The van der Waals surface area contributed by atoms with E-state index in [-0.39, 0.29) is 5.69 Å². The Kier molecular flexibility index (Phi) is 1.16. The lowest BCUT2D eigenvalue weighted by Crippen LogP contribution is -1.88. The summed E-state index contributed by atoms with van der Waals surface area (Å²) in [4.78, 5) is 3.83. The predicted molar refractivity (Wildman–Crippen MR) is 43.1 cm³/mol. The van der Waals surface area contributed by atoms with Crippen LogP contribution in [0.15, 0.2) is 18.3 Å². The summed E-state index contributed by atoms with van der Waals surface area (Å²) in [5.74, 6) is 0.337. The van der Waals surface area contributed by atoms with Gasteiger partial charge in [-0.1, -0.05) is 13.8 Å². The molecule has 0 aliphatic heterocycles. The molecule has 0 aromatic carbocycles. The molecule has 0 aliphatic carbocycles. The summed E-state index contributed by atoms with van der Waals surface area (Å²) in [5, 5.41) is 0. The number of hydrogen-bond donors (Lipinski definition) is 0. The fourth-order valence-electron chi connectivity index (χ4n) is 0.806. The van der Waals surface area contributed by atoms with Gasteiger partial charge in [0.15, 0.2) is 0 Å². The minimum Gasteiger partial charge on any atom is -0.262 e. The van der Waals surface area contributed by atoms with E-state index in [4.69, 9.17) is 4.11 Å². The van der Waals surface area contributed by atoms with Gasteiger partial charge in [0, 0.05) is 16.0 Å². The van der Waals surface area contributed by atoms with Crippen LogP contribution in [0.2, 0.25) is 0 Å². The normalized spacial score (nSPS) is 16.1. The van der Waals surface area contributed by atoms with E-state index in [9.17, 15) is 0 Å². The molecule has 1 aromatic heterocycles. The molecule has 10 heavy (non-hydrogen) atoms. The lowest BCUT2D eigenvalue weighted by molar-refractivity contribution is 0.859. The van der Waals surface area contributed by atoms with E-state index in [1.807, 2.05) is 19.9 Å². The van der Waals surface area contributed by atoms with Crippen molar-refractivity contribution in [3.8, 4) is 0 Å². The molecule has 1 heterocycles. The Hall–Kier alpha value is -0.850. The fourth-order valence-corrected chi connectivity index (χ4v) is 0.806. The third kappa shape index (κ3) is 1.56. The number of nitrogens with zero attached hydrogens (tertiary/aromatic N) is 1. The molecule has 0 unspecified atom stereocenters. The number of rotatable bonds is 1. The molecule has 1 aromatic rings. The molecule has 0 saturated carbocycles. The summed E-state index contributed by atoms with van der Waals surface area (Å²) in [6.45, 7) is 1.96. The van der Waals surface area contributed by atoms with Crippen molar-refractivity contribution in [2.24, 2.45) is 0 Å². The summed E-state index contributed by atoms with van der Waals surface area (Å²) in [5.41, 5.74) is 1.19. The molecule has 0 N–H and O–H groups in total. The van der Waals surface area contributed by atoms with Crippen LogP contribution in [-0.4, -0.2) is 4.98 Å². The maximum absolute atomic E-state index is 7.18. The number of pyridine rings is 1. The monoisotopic (exact) mass is 138 g/mol. The van der Waals surface area contributed by atoms with Crippen molar-refractivity contribution in [1.29, 1.82) is 0 Å². The van der Waals surface area contributed by atoms with Crippen LogP contribution >= 0.6 is 0 Å². The Morgan fingerprint density at radius 3 is 3.00 bits per heavy atom. The average Bonchev–Trinajstić information content (AvgIpc) is 2.03. The van der Waals surface area contributed by atoms with Crippen LogP contribution in [0.25, 0.3) is 0 Å². The van der Waals surface area contributed by atoms with Crippen LogP contribution in [-0.2, 0) is 0 Å². The molecule has 0 aliphatic rings. The highest BCUT2D eigenvalue weighted by Gasteiger charge is 1.96. The average molecular weight is 138 g/mol. The standard InChI is InChI=1S/C9H13N/c1-7(2)9-4-5-10-8(3)6-9/h4-7H,1-3H3/i3D3. The molecular weight excluding hydrogens is 122 g/mol. The van der Waals surface area contributed by atoms with Gasteiger partial charge < -0.3 is 0 Å². The highest BCUT2D eigenvalue weighted by molar-refractivity contribution is 5.18. The summed E-state index contributed by atoms with van der Waals surface area (Å²) in [6.07, 6.45) is 1.55. The van der Waals surface area contributed by atoms with Crippen molar-refractivity contribution in [3.05, 3.63) is 29.6 Å². The molecule has 54 valence electrons. The van der Waals surface area contributed by atoms with Gasteiger partial charge in [-0.25, -0.2) is 0 Å². The van der Waals surface area contributed by atoms with Crippen molar-refractivity contribution < 1.29 is 4.11 Å². The van der Waals surface area contributed by atoms with Gasteiger partial charge in [0.1, 0.15) is 0 Å². The molecule has 1 heteroatoms. The third-order valence-electron chi connectivity index (χ3n) is 1.45. The first-order valence-corrected chi connectivity index (χ1v) is 3.37. The van der Waals surface area contributed by atoms with Crippen molar-refractivity contribution in [1.82, 2.24) is 4.98 Å². The van der Waals surface area contributed by atoms with Gasteiger partial charge >= 0.3 is 0 Å². The van der Waals surface area contributed by atoms with E-state index in [0.717, 1.165) is 5.56 Å². The maximum atomic E-state index is 7.18. The van der Waals surface area contributed by atoms with E-state index in [2.05, 4.69) is 4.98 Å². The van der Waals surface area contributed by atoms with Crippen molar-refractivity contribution >= 4 is 0 Å². The first-order valence-electron chi connectivity index (χ1n) is 4.87. The Labute approximate surface area is 66.3 Å². The van der Waals surface area contributed by atoms with Gasteiger partial charge in [0.25, 0.3) is 0 Å². The van der Waals surface area contributed by atoms with E-state index in [1.54, 1.807) is 12.3 Å². The SMILES string of the molecule is [2H]C([2H])([2H])c1cc(C(C)C)ccn1. The van der Waals surface area contributed by atoms with Crippen molar-refractivity contribution in [2.75, 3.05) is 0 Å². The van der Waals surface area contributed by atoms with Crippen LogP contribution in [0.1, 0.15) is 35.1 Å². The second-order valence-corrected chi connectivity index (χ2v) is 2.63. The minimum atomic E-state index is -2.09. The van der Waals surface area contributed by atoms with E-state index in [1.165, 1.54) is 0 Å². The Morgan fingerprint density at radius 1 is 1.60 bits per heavy atom. The van der Waals surface area contributed by atoms with E-state index >= 15 is 0 Å². The highest BCUT2D eigenvalue weighted by atomic mass is 14.6. The van der Waals surface area contributed by atoms with Gasteiger partial charge in [-0.2, -0.15) is 0 Å². The van der Waals surface area contributed by atoms with Gasteiger partial charge in [0.05, 0.1) is 0 Å². The van der Waals surface area contributed by atoms with E-state index in [0.29, 0.717) is 5.92 Å². The Bertz CT molecular complexity index is 291. The molecule has 0 fully saturated rings. The summed E-state index contributed by atoms with van der Waals surface area (Å²) < 4.78 is 21.5. The lowest BCUT2D eigenvalue weighted by Gasteiger charge is -2.03. The van der Waals surface area contributed by atoms with Crippen LogP contribution in [0.3, 0.4) is 0 Å². The Morgan fingerprint density at radius 2 is 2.40 bits per heavy atom. The summed E-state index contributed by atoms with van der Waals surface area (Å²) >= 11 is 0. The van der Waals surface area contributed by atoms with Crippen LogP contribution in [0.5, 0.6) is 0 Å². The van der Waals surface area contributed by atoms with E-state index < -0.39 is 6.85 Å². The predicted octanol–water partition coefficient (Wildman–Crippen LogP) is 2.51. The molecule has 0 atom stereocenters. The zero-order valence-electron chi connectivity index (χ0n) is 9.26. The van der Waals surface area contributed by atoms with Gasteiger partial charge in [-0.15, -0.1) is 0 Å². The summed E-state index contributed by atoms with van der Waals surface area (Å²) in [7, 11) is 0. The first-order chi connectivity index (χ1) is 5.91. The van der Waals surface area contributed by atoms with Crippen LogP contribution < -0.4 is 0 Å². The van der Waals surface area contributed by atoms with Crippen molar-refractivity contribution in [3.63, 3.8) is 0 Å². The molecular formula is C9H13N. The highest BCUT2D eigenvalue weighted by Crippen LogP contribution is 2.12. The zero-order valence-corrected chi connectivity index (χ0v) is 6.26.